The molecule has 1 amide bonds. The molecule has 4 rings (SSSR count). The van der Waals surface area contributed by atoms with Crippen LogP contribution in [0.1, 0.15) is 37.1 Å². The Hall–Kier alpha value is -2.29. The van der Waals surface area contributed by atoms with E-state index in [2.05, 4.69) is 10.1 Å². The van der Waals surface area contributed by atoms with Crippen molar-refractivity contribution >= 4 is 5.91 Å². The molecule has 2 aromatic rings. The van der Waals surface area contributed by atoms with Gasteiger partial charge in [0.15, 0.2) is 0 Å². The third-order valence-corrected chi connectivity index (χ3v) is 6.02. The van der Waals surface area contributed by atoms with E-state index in [1.54, 1.807) is 0 Å². The zero-order valence-corrected chi connectivity index (χ0v) is 16.6. The van der Waals surface area contributed by atoms with Crippen LogP contribution >= 0.6 is 0 Å². The summed E-state index contributed by atoms with van der Waals surface area (Å²) in [4.78, 5) is 18.8. The van der Waals surface area contributed by atoms with Gasteiger partial charge in [0.05, 0.1) is 18.3 Å². The molecule has 2 fully saturated rings. The van der Waals surface area contributed by atoms with Crippen molar-refractivity contribution in [2.24, 2.45) is 0 Å². The third-order valence-electron chi connectivity index (χ3n) is 6.02. The summed E-state index contributed by atoms with van der Waals surface area (Å²) >= 11 is 0. The quantitative estimate of drug-likeness (QED) is 0.799. The van der Waals surface area contributed by atoms with Crippen molar-refractivity contribution in [3.8, 4) is 11.4 Å². The first-order valence-corrected chi connectivity index (χ1v) is 10.1. The maximum atomic E-state index is 12.6. The van der Waals surface area contributed by atoms with E-state index in [-0.39, 0.29) is 12.5 Å². The lowest BCUT2D eigenvalue weighted by atomic mass is 9.82. The van der Waals surface area contributed by atoms with Gasteiger partial charge in [-0.25, -0.2) is 0 Å². The van der Waals surface area contributed by atoms with E-state index in [0.29, 0.717) is 56.9 Å². The first kappa shape index (κ1) is 20.0. The molecule has 2 aliphatic heterocycles. The van der Waals surface area contributed by atoms with Gasteiger partial charge in [-0.15, -0.1) is 0 Å². The molecule has 2 saturated heterocycles. The third kappa shape index (κ3) is 4.34. The lowest BCUT2D eigenvalue weighted by molar-refractivity contribution is -0.188. The fourth-order valence-electron chi connectivity index (χ4n) is 4.12. The molecule has 2 atom stereocenters. The number of carbonyl (C=O) groups is 1. The number of aliphatic hydroxyl groups is 2. The SMILES string of the molecule is Cc1ccccc1-c1noc(CCC(=O)N2CCC3(CC2)C[C@@H](O)[C@@H](O)CO3)n1. The summed E-state index contributed by atoms with van der Waals surface area (Å²) in [7, 11) is 0. The summed E-state index contributed by atoms with van der Waals surface area (Å²) in [6.07, 6.45) is 0.886. The van der Waals surface area contributed by atoms with Crippen molar-refractivity contribution in [2.75, 3.05) is 19.7 Å². The second kappa shape index (κ2) is 8.22. The molecule has 29 heavy (non-hydrogen) atoms. The molecule has 0 aliphatic carbocycles. The minimum absolute atomic E-state index is 0.0480. The number of aryl methyl sites for hydroxylation is 2. The van der Waals surface area contributed by atoms with Crippen molar-refractivity contribution in [3.05, 3.63) is 35.7 Å². The monoisotopic (exact) mass is 401 g/mol. The number of benzene rings is 1. The molecular weight excluding hydrogens is 374 g/mol. The Morgan fingerprint density at radius 3 is 2.72 bits per heavy atom. The first-order chi connectivity index (χ1) is 14.0. The largest absolute Gasteiger partial charge is 0.390 e. The predicted molar refractivity (Wildman–Crippen MR) is 104 cm³/mol. The van der Waals surface area contributed by atoms with Crippen molar-refractivity contribution in [2.45, 2.75) is 56.8 Å². The molecule has 2 aliphatic rings. The Bertz CT molecular complexity index is 860. The van der Waals surface area contributed by atoms with Gasteiger partial charge in [0, 0.05) is 37.9 Å². The molecule has 0 unspecified atom stereocenters. The first-order valence-electron chi connectivity index (χ1n) is 10.1. The van der Waals surface area contributed by atoms with Gasteiger partial charge < -0.3 is 24.4 Å². The molecule has 3 heterocycles. The molecule has 1 aromatic carbocycles. The Kier molecular flexibility index (Phi) is 5.67. The van der Waals surface area contributed by atoms with Gasteiger partial charge >= 0.3 is 0 Å². The van der Waals surface area contributed by atoms with Gasteiger partial charge in [-0.1, -0.05) is 29.4 Å². The molecule has 156 valence electrons. The number of likely N-dealkylation sites (tertiary alicyclic amines) is 1. The van der Waals surface area contributed by atoms with Crippen LogP contribution in [0.4, 0.5) is 0 Å². The number of rotatable bonds is 4. The molecular formula is C21H27N3O5. The van der Waals surface area contributed by atoms with E-state index < -0.39 is 17.8 Å². The van der Waals surface area contributed by atoms with E-state index in [0.717, 1.165) is 11.1 Å². The van der Waals surface area contributed by atoms with Crippen molar-refractivity contribution in [3.63, 3.8) is 0 Å². The number of carbonyl (C=O) groups excluding carboxylic acids is 1. The number of hydrogen-bond acceptors (Lipinski definition) is 7. The average molecular weight is 401 g/mol. The maximum absolute atomic E-state index is 12.6. The van der Waals surface area contributed by atoms with Crippen molar-refractivity contribution in [1.29, 1.82) is 0 Å². The highest BCUT2D eigenvalue weighted by atomic mass is 16.5. The van der Waals surface area contributed by atoms with Gasteiger partial charge in [0.25, 0.3) is 0 Å². The molecule has 2 N–H and O–H groups in total. The van der Waals surface area contributed by atoms with Crippen LogP contribution < -0.4 is 0 Å². The molecule has 0 radical (unpaired) electrons. The number of aliphatic hydroxyl groups excluding tert-OH is 2. The van der Waals surface area contributed by atoms with Crippen LogP contribution in [0.25, 0.3) is 11.4 Å². The highest BCUT2D eigenvalue weighted by Gasteiger charge is 2.43. The predicted octanol–water partition coefficient (Wildman–Crippen LogP) is 1.48. The Morgan fingerprint density at radius 1 is 1.24 bits per heavy atom. The summed E-state index contributed by atoms with van der Waals surface area (Å²) in [5.74, 6) is 1.05. The van der Waals surface area contributed by atoms with E-state index in [1.165, 1.54) is 0 Å². The summed E-state index contributed by atoms with van der Waals surface area (Å²) in [5.41, 5.74) is 1.57. The number of hydrogen-bond donors (Lipinski definition) is 2. The van der Waals surface area contributed by atoms with Crippen molar-refractivity contribution < 1.29 is 24.3 Å². The smallest absolute Gasteiger partial charge is 0.227 e. The minimum atomic E-state index is -0.820. The van der Waals surface area contributed by atoms with Crippen LogP contribution in [0.15, 0.2) is 28.8 Å². The van der Waals surface area contributed by atoms with Gasteiger partial charge in [-0.3, -0.25) is 4.79 Å². The normalized spacial score (nSPS) is 24.0. The Balaban J connectivity index is 1.29. The number of ether oxygens (including phenoxy) is 1. The van der Waals surface area contributed by atoms with Crippen LogP contribution in [0.2, 0.25) is 0 Å². The maximum Gasteiger partial charge on any atom is 0.227 e. The van der Waals surface area contributed by atoms with Crippen LogP contribution in [0, 0.1) is 6.92 Å². The topological polar surface area (TPSA) is 109 Å². The van der Waals surface area contributed by atoms with Crippen LogP contribution in [0.3, 0.4) is 0 Å². The number of nitrogens with zero attached hydrogens (tertiary/aromatic N) is 3. The Morgan fingerprint density at radius 2 is 2.00 bits per heavy atom. The van der Waals surface area contributed by atoms with E-state index in [4.69, 9.17) is 9.26 Å². The van der Waals surface area contributed by atoms with Crippen LogP contribution in [-0.4, -0.2) is 68.7 Å². The molecule has 0 saturated carbocycles. The fourth-order valence-corrected chi connectivity index (χ4v) is 4.12. The van der Waals surface area contributed by atoms with Gasteiger partial charge in [0.2, 0.25) is 17.6 Å². The lowest BCUT2D eigenvalue weighted by Crippen LogP contribution is -2.55. The number of amides is 1. The van der Waals surface area contributed by atoms with Crippen LogP contribution in [-0.2, 0) is 16.0 Å². The van der Waals surface area contributed by atoms with E-state index in [1.807, 2.05) is 36.1 Å². The van der Waals surface area contributed by atoms with Crippen LogP contribution in [0.5, 0.6) is 0 Å². The standard InChI is InChI=1S/C21H27N3O5/c1-14-4-2-3-5-15(14)20-22-18(29-23-20)6-7-19(27)24-10-8-21(9-11-24)12-16(25)17(26)13-28-21/h2-5,16-17,25-26H,6-13H2,1H3/t16-,17+/m1/s1. The summed E-state index contributed by atoms with van der Waals surface area (Å²) in [5, 5.41) is 23.6. The van der Waals surface area contributed by atoms with Gasteiger partial charge in [-0.2, -0.15) is 4.98 Å². The highest BCUT2D eigenvalue weighted by molar-refractivity contribution is 5.76. The number of aromatic nitrogens is 2. The molecule has 8 nitrogen and oxygen atoms in total. The highest BCUT2D eigenvalue weighted by Crippen LogP contribution is 2.35. The second-order valence-corrected chi connectivity index (χ2v) is 8.04. The fraction of sp³-hybridized carbons (Fsp3) is 0.571. The second-order valence-electron chi connectivity index (χ2n) is 8.04. The summed E-state index contributed by atoms with van der Waals surface area (Å²) < 4.78 is 11.1. The lowest BCUT2D eigenvalue weighted by Gasteiger charge is -2.46. The zero-order chi connectivity index (χ0) is 20.4. The van der Waals surface area contributed by atoms with E-state index in [9.17, 15) is 15.0 Å². The summed E-state index contributed by atoms with van der Waals surface area (Å²) in [6.45, 7) is 3.31. The van der Waals surface area contributed by atoms with Crippen molar-refractivity contribution in [1.82, 2.24) is 15.0 Å². The molecule has 0 bridgehead atoms. The molecule has 8 heteroatoms. The summed E-state index contributed by atoms with van der Waals surface area (Å²) in [6, 6.07) is 7.83. The average Bonchev–Trinajstić information content (AvgIpc) is 3.19. The molecule has 1 aromatic heterocycles. The molecule has 1 spiro atoms. The van der Waals surface area contributed by atoms with Gasteiger partial charge in [-0.05, 0) is 25.3 Å². The Labute approximate surface area is 169 Å². The zero-order valence-electron chi connectivity index (χ0n) is 16.6. The van der Waals surface area contributed by atoms with Gasteiger partial charge in [0.1, 0.15) is 6.10 Å². The minimum Gasteiger partial charge on any atom is -0.390 e. The number of piperidine rings is 1. The van der Waals surface area contributed by atoms with E-state index >= 15 is 0 Å².